The first-order chi connectivity index (χ1) is 11.7. The minimum absolute atomic E-state index is 0.107. The van der Waals surface area contributed by atoms with E-state index in [-0.39, 0.29) is 11.9 Å². The average Bonchev–Trinajstić information content (AvgIpc) is 3.05. The fourth-order valence-electron chi connectivity index (χ4n) is 3.33. The van der Waals surface area contributed by atoms with Gasteiger partial charge in [-0.1, -0.05) is 40.8 Å². The summed E-state index contributed by atoms with van der Waals surface area (Å²) in [5.41, 5.74) is 0. The molecular weight excluding hydrogens is 364 g/mol. The summed E-state index contributed by atoms with van der Waals surface area (Å²) in [6, 6.07) is 7.81. The van der Waals surface area contributed by atoms with E-state index in [4.69, 9.17) is 11.6 Å². The van der Waals surface area contributed by atoms with Crippen LogP contribution in [0.3, 0.4) is 0 Å². The van der Waals surface area contributed by atoms with Gasteiger partial charge in [-0.25, -0.2) is 0 Å². The number of carbonyl (C=O) groups excluding carboxylic acids is 1. The predicted molar refractivity (Wildman–Crippen MR) is 95.9 cm³/mol. The second kappa shape index (κ2) is 7.00. The third kappa shape index (κ3) is 3.59. The second-order valence-electron chi connectivity index (χ2n) is 6.15. The Hall–Kier alpha value is -1.15. The summed E-state index contributed by atoms with van der Waals surface area (Å²) in [5.74, 6) is 0.497. The van der Waals surface area contributed by atoms with E-state index in [1.165, 1.54) is 35.9 Å². The van der Waals surface area contributed by atoms with Crippen LogP contribution < -0.4 is 5.32 Å². The van der Waals surface area contributed by atoms with Crippen molar-refractivity contribution in [1.82, 2.24) is 20.4 Å². The number of aromatic nitrogens is 2. The highest BCUT2D eigenvalue weighted by Crippen LogP contribution is 2.32. The Kier molecular flexibility index (Phi) is 4.76. The molecule has 1 N–H and O–H groups in total. The molecule has 8 heteroatoms. The van der Waals surface area contributed by atoms with Gasteiger partial charge in [0.15, 0.2) is 4.34 Å². The molecule has 0 radical (unpaired) electrons. The van der Waals surface area contributed by atoms with Gasteiger partial charge in [0.1, 0.15) is 0 Å². The smallest absolute Gasteiger partial charge is 0.282 e. The zero-order valence-electron chi connectivity index (χ0n) is 12.9. The lowest BCUT2D eigenvalue weighted by Crippen LogP contribution is -2.57. The van der Waals surface area contributed by atoms with Crippen LogP contribution >= 0.6 is 34.7 Å². The number of carbonyl (C=O) groups is 1. The molecule has 1 amide bonds. The van der Waals surface area contributed by atoms with Gasteiger partial charge in [-0.05, 0) is 50.0 Å². The fourth-order valence-corrected chi connectivity index (χ4v) is 5.38. The minimum atomic E-state index is -0.107. The maximum Gasteiger partial charge on any atom is 0.282 e. The molecule has 0 aliphatic carbocycles. The molecule has 0 saturated carbocycles. The van der Waals surface area contributed by atoms with Crippen LogP contribution in [-0.4, -0.2) is 46.7 Å². The molecule has 1 aromatic heterocycles. The first-order valence-electron chi connectivity index (χ1n) is 7.97. The number of nitrogens with one attached hydrogen (secondary N) is 1. The van der Waals surface area contributed by atoms with E-state index >= 15 is 0 Å². The molecule has 0 unspecified atom stereocenters. The van der Waals surface area contributed by atoms with Gasteiger partial charge in [0.25, 0.3) is 5.91 Å². The molecule has 1 atom stereocenters. The number of rotatable bonds is 4. The van der Waals surface area contributed by atoms with E-state index in [0.29, 0.717) is 15.9 Å². The van der Waals surface area contributed by atoms with Crippen molar-refractivity contribution in [1.29, 1.82) is 0 Å². The van der Waals surface area contributed by atoms with Crippen LogP contribution in [-0.2, 0) is 0 Å². The maximum absolute atomic E-state index is 12.5. The van der Waals surface area contributed by atoms with Gasteiger partial charge in [-0.15, -0.1) is 10.2 Å². The summed E-state index contributed by atoms with van der Waals surface area (Å²) in [5, 5.41) is 12.4. The zero-order chi connectivity index (χ0) is 16.5. The van der Waals surface area contributed by atoms with Crippen LogP contribution in [0.25, 0.3) is 0 Å². The van der Waals surface area contributed by atoms with Crippen LogP contribution in [0.5, 0.6) is 0 Å². The van der Waals surface area contributed by atoms with Crippen LogP contribution in [0.1, 0.15) is 22.6 Å². The molecular formula is C16H17ClN4OS2. The molecule has 4 heterocycles. The van der Waals surface area contributed by atoms with Gasteiger partial charge >= 0.3 is 0 Å². The molecule has 0 spiro atoms. The molecule has 2 aromatic rings. The lowest BCUT2D eigenvalue weighted by Gasteiger charge is -2.44. The molecule has 3 aliphatic heterocycles. The van der Waals surface area contributed by atoms with Gasteiger partial charge in [0, 0.05) is 22.5 Å². The van der Waals surface area contributed by atoms with Crippen LogP contribution in [0.2, 0.25) is 5.02 Å². The molecule has 5 nitrogen and oxygen atoms in total. The van der Waals surface area contributed by atoms with Crippen LogP contribution in [0.4, 0.5) is 0 Å². The van der Waals surface area contributed by atoms with Crippen molar-refractivity contribution in [3.8, 4) is 0 Å². The Morgan fingerprint density at radius 2 is 2.17 bits per heavy atom. The van der Waals surface area contributed by atoms with Crippen molar-refractivity contribution in [2.24, 2.45) is 5.92 Å². The highest BCUT2D eigenvalue weighted by molar-refractivity contribution is 8.01. The summed E-state index contributed by atoms with van der Waals surface area (Å²) in [7, 11) is 0. The van der Waals surface area contributed by atoms with E-state index in [1.807, 2.05) is 24.3 Å². The Balaban J connectivity index is 1.40. The lowest BCUT2D eigenvalue weighted by atomic mass is 9.84. The largest absolute Gasteiger partial charge is 0.346 e. The lowest BCUT2D eigenvalue weighted by molar-refractivity contribution is 0.0620. The van der Waals surface area contributed by atoms with E-state index in [0.717, 1.165) is 28.9 Å². The number of hydrogen-bond acceptors (Lipinski definition) is 6. The Morgan fingerprint density at radius 1 is 1.33 bits per heavy atom. The highest BCUT2D eigenvalue weighted by Gasteiger charge is 2.35. The van der Waals surface area contributed by atoms with Crippen molar-refractivity contribution in [3.05, 3.63) is 34.3 Å². The van der Waals surface area contributed by atoms with E-state index in [2.05, 4.69) is 20.4 Å². The summed E-state index contributed by atoms with van der Waals surface area (Å²) in [6.07, 6.45) is 2.36. The fraction of sp³-hybridized carbons (Fsp3) is 0.438. The quantitative estimate of drug-likeness (QED) is 0.882. The first-order valence-corrected chi connectivity index (χ1v) is 9.98. The minimum Gasteiger partial charge on any atom is -0.346 e. The summed E-state index contributed by atoms with van der Waals surface area (Å²) in [4.78, 5) is 15.9. The Bertz CT molecular complexity index is 745. The summed E-state index contributed by atoms with van der Waals surface area (Å²) < 4.78 is 0.747. The van der Waals surface area contributed by atoms with Crippen molar-refractivity contribution in [2.75, 3.05) is 19.6 Å². The molecule has 24 heavy (non-hydrogen) atoms. The molecule has 126 valence electrons. The zero-order valence-corrected chi connectivity index (χ0v) is 15.3. The number of amides is 1. The summed E-state index contributed by atoms with van der Waals surface area (Å²) >= 11 is 8.78. The molecule has 3 fully saturated rings. The summed E-state index contributed by atoms with van der Waals surface area (Å²) in [6.45, 7) is 3.28. The number of fused-ring (bicyclic) bond motifs is 3. The first kappa shape index (κ1) is 16.3. The second-order valence-corrected chi connectivity index (χ2v) is 8.89. The third-order valence-electron chi connectivity index (χ3n) is 4.57. The van der Waals surface area contributed by atoms with Crippen LogP contribution in [0, 0.1) is 5.92 Å². The number of nitrogens with zero attached hydrogens (tertiary/aromatic N) is 3. The monoisotopic (exact) mass is 380 g/mol. The number of benzene rings is 1. The van der Waals surface area contributed by atoms with Gasteiger partial charge < -0.3 is 10.2 Å². The average molecular weight is 381 g/mol. The molecule has 2 bridgehead atoms. The Labute approximate surface area is 153 Å². The molecule has 3 aliphatic rings. The van der Waals surface area contributed by atoms with Gasteiger partial charge in [-0.2, -0.15) is 0 Å². The molecule has 3 saturated heterocycles. The third-order valence-corrected chi connectivity index (χ3v) is 6.77. The Morgan fingerprint density at radius 3 is 2.88 bits per heavy atom. The SMILES string of the molecule is O=C(N[C@H]1CN2CCC1CC2)c1nnc(Sc2cccc(Cl)c2)s1. The van der Waals surface area contributed by atoms with E-state index in [9.17, 15) is 4.79 Å². The standard InChI is InChI=1S/C16H17ClN4OS2/c17-11-2-1-3-12(8-11)23-16-20-19-15(24-16)14(22)18-13-9-21-6-4-10(13)5-7-21/h1-3,8,10,13H,4-7,9H2,(H,18,22)/t13-/m0/s1. The number of halogens is 1. The molecule has 1 aromatic carbocycles. The van der Waals surface area contributed by atoms with E-state index in [1.54, 1.807) is 0 Å². The number of hydrogen-bond donors (Lipinski definition) is 1. The molecule has 5 rings (SSSR count). The van der Waals surface area contributed by atoms with Crippen molar-refractivity contribution >= 4 is 40.6 Å². The van der Waals surface area contributed by atoms with Gasteiger partial charge in [0.05, 0.1) is 0 Å². The van der Waals surface area contributed by atoms with Gasteiger partial charge in [-0.3, -0.25) is 4.79 Å². The highest BCUT2D eigenvalue weighted by atomic mass is 35.5. The topological polar surface area (TPSA) is 58.1 Å². The maximum atomic E-state index is 12.5. The number of piperidine rings is 3. The van der Waals surface area contributed by atoms with Crippen LogP contribution in [0.15, 0.2) is 33.5 Å². The van der Waals surface area contributed by atoms with Crippen molar-refractivity contribution in [3.63, 3.8) is 0 Å². The van der Waals surface area contributed by atoms with Crippen molar-refractivity contribution < 1.29 is 4.79 Å². The van der Waals surface area contributed by atoms with Crippen molar-refractivity contribution in [2.45, 2.75) is 28.1 Å². The van der Waals surface area contributed by atoms with E-state index < -0.39 is 0 Å². The predicted octanol–water partition coefficient (Wildman–Crippen LogP) is 3.17. The van der Waals surface area contributed by atoms with Gasteiger partial charge in [0.2, 0.25) is 5.01 Å². The normalized spacial score (nSPS) is 25.6.